The standard InChI is InChI=1S/C19H19F3N2O2/c1-12(2)11-17(25)23-15-7-9-16(10-8-15)24-18(26)13-3-5-14(6-4-13)19(20,21)22/h3-10,12H,11H2,1-2H3,(H,23,25)(H,24,26). The number of hydrogen-bond donors (Lipinski definition) is 2. The molecule has 0 atom stereocenters. The molecule has 26 heavy (non-hydrogen) atoms. The van der Waals surface area contributed by atoms with E-state index in [4.69, 9.17) is 0 Å². The SMILES string of the molecule is CC(C)CC(=O)Nc1ccc(NC(=O)c2ccc(C(F)(F)F)cc2)cc1. The van der Waals surface area contributed by atoms with E-state index in [1.165, 1.54) is 0 Å². The van der Waals surface area contributed by atoms with E-state index in [1.54, 1.807) is 24.3 Å². The number of carbonyl (C=O) groups excluding carboxylic acids is 2. The van der Waals surface area contributed by atoms with Crippen LogP contribution in [0.1, 0.15) is 36.2 Å². The van der Waals surface area contributed by atoms with Crippen molar-refractivity contribution in [1.82, 2.24) is 0 Å². The topological polar surface area (TPSA) is 58.2 Å². The van der Waals surface area contributed by atoms with Crippen LogP contribution in [-0.2, 0) is 11.0 Å². The van der Waals surface area contributed by atoms with Gasteiger partial charge >= 0.3 is 6.18 Å². The van der Waals surface area contributed by atoms with Gasteiger partial charge in [-0.15, -0.1) is 0 Å². The summed E-state index contributed by atoms with van der Waals surface area (Å²) in [6.07, 6.45) is -4.03. The number of carbonyl (C=O) groups is 2. The Morgan fingerprint density at radius 1 is 0.885 bits per heavy atom. The summed E-state index contributed by atoms with van der Waals surface area (Å²) >= 11 is 0. The Kier molecular flexibility index (Phi) is 6.02. The van der Waals surface area contributed by atoms with Gasteiger partial charge in [-0.05, 0) is 54.4 Å². The van der Waals surface area contributed by atoms with Gasteiger partial charge in [0.1, 0.15) is 0 Å². The van der Waals surface area contributed by atoms with Crippen molar-refractivity contribution in [2.45, 2.75) is 26.4 Å². The van der Waals surface area contributed by atoms with Crippen molar-refractivity contribution in [2.75, 3.05) is 10.6 Å². The molecule has 0 saturated carbocycles. The van der Waals surface area contributed by atoms with Crippen LogP contribution in [0.4, 0.5) is 24.5 Å². The molecular formula is C19H19F3N2O2. The molecule has 0 aliphatic carbocycles. The van der Waals surface area contributed by atoms with Gasteiger partial charge < -0.3 is 10.6 Å². The first-order valence-electron chi connectivity index (χ1n) is 8.03. The van der Waals surface area contributed by atoms with Gasteiger partial charge in [0.15, 0.2) is 0 Å². The Balaban J connectivity index is 1.98. The van der Waals surface area contributed by atoms with Crippen molar-refractivity contribution in [1.29, 1.82) is 0 Å². The van der Waals surface area contributed by atoms with E-state index in [9.17, 15) is 22.8 Å². The fourth-order valence-electron chi connectivity index (χ4n) is 2.23. The minimum Gasteiger partial charge on any atom is -0.326 e. The van der Waals surface area contributed by atoms with Gasteiger partial charge in [0.05, 0.1) is 5.56 Å². The van der Waals surface area contributed by atoms with Crippen molar-refractivity contribution < 1.29 is 22.8 Å². The molecule has 0 aliphatic heterocycles. The lowest BCUT2D eigenvalue weighted by atomic mass is 10.1. The predicted octanol–water partition coefficient (Wildman–Crippen LogP) is 4.94. The van der Waals surface area contributed by atoms with Crippen molar-refractivity contribution >= 4 is 23.2 Å². The summed E-state index contributed by atoms with van der Waals surface area (Å²) in [6, 6.07) is 10.5. The molecule has 2 aromatic rings. The Labute approximate surface area is 149 Å². The molecule has 0 aliphatic rings. The molecule has 4 nitrogen and oxygen atoms in total. The molecule has 0 heterocycles. The number of anilines is 2. The third-order valence-corrected chi connectivity index (χ3v) is 3.49. The number of hydrogen-bond acceptors (Lipinski definition) is 2. The maximum atomic E-state index is 12.5. The summed E-state index contributed by atoms with van der Waals surface area (Å²) in [5.41, 5.74) is 0.378. The molecule has 0 aromatic heterocycles. The average Bonchev–Trinajstić information content (AvgIpc) is 2.55. The number of amides is 2. The summed E-state index contributed by atoms with van der Waals surface area (Å²) < 4.78 is 37.6. The van der Waals surface area contributed by atoms with Crippen LogP contribution in [0, 0.1) is 5.92 Å². The number of halogens is 3. The second kappa shape index (κ2) is 8.03. The Bertz CT molecular complexity index is 767. The minimum atomic E-state index is -4.44. The van der Waals surface area contributed by atoms with Crippen LogP contribution in [0.2, 0.25) is 0 Å². The lowest BCUT2D eigenvalue weighted by Crippen LogP contribution is -2.14. The summed E-state index contributed by atoms with van der Waals surface area (Å²) in [5, 5.41) is 5.34. The van der Waals surface area contributed by atoms with E-state index in [-0.39, 0.29) is 17.4 Å². The molecule has 0 radical (unpaired) electrons. The van der Waals surface area contributed by atoms with E-state index in [0.29, 0.717) is 17.8 Å². The molecular weight excluding hydrogens is 345 g/mol. The van der Waals surface area contributed by atoms with Gasteiger partial charge in [0.25, 0.3) is 5.91 Å². The van der Waals surface area contributed by atoms with Gasteiger partial charge in [-0.25, -0.2) is 0 Å². The largest absolute Gasteiger partial charge is 0.416 e. The van der Waals surface area contributed by atoms with E-state index in [1.807, 2.05) is 13.8 Å². The monoisotopic (exact) mass is 364 g/mol. The first-order chi connectivity index (χ1) is 12.1. The van der Waals surface area contributed by atoms with Crippen LogP contribution >= 0.6 is 0 Å². The fourth-order valence-corrected chi connectivity index (χ4v) is 2.23. The molecule has 0 bridgehead atoms. The predicted molar refractivity (Wildman–Crippen MR) is 93.9 cm³/mol. The summed E-state index contributed by atoms with van der Waals surface area (Å²) in [6.45, 7) is 3.89. The van der Waals surface area contributed by atoms with E-state index in [2.05, 4.69) is 10.6 Å². The Morgan fingerprint density at radius 2 is 1.38 bits per heavy atom. The van der Waals surface area contributed by atoms with Crippen molar-refractivity contribution in [3.8, 4) is 0 Å². The number of alkyl halides is 3. The van der Waals surface area contributed by atoms with Crippen LogP contribution in [0.25, 0.3) is 0 Å². The van der Waals surface area contributed by atoms with Crippen LogP contribution in [0.3, 0.4) is 0 Å². The number of benzene rings is 2. The van der Waals surface area contributed by atoms with Crippen LogP contribution in [-0.4, -0.2) is 11.8 Å². The highest BCUT2D eigenvalue weighted by Crippen LogP contribution is 2.29. The molecule has 138 valence electrons. The lowest BCUT2D eigenvalue weighted by molar-refractivity contribution is -0.137. The first-order valence-corrected chi connectivity index (χ1v) is 8.03. The van der Waals surface area contributed by atoms with E-state index < -0.39 is 17.6 Å². The van der Waals surface area contributed by atoms with Crippen molar-refractivity contribution in [2.24, 2.45) is 5.92 Å². The molecule has 2 aromatic carbocycles. The summed E-state index contributed by atoms with van der Waals surface area (Å²) in [7, 11) is 0. The summed E-state index contributed by atoms with van der Waals surface area (Å²) in [4.78, 5) is 23.8. The highest BCUT2D eigenvalue weighted by atomic mass is 19.4. The van der Waals surface area contributed by atoms with E-state index >= 15 is 0 Å². The molecule has 2 rings (SSSR count). The van der Waals surface area contributed by atoms with Crippen molar-refractivity contribution in [3.63, 3.8) is 0 Å². The highest BCUT2D eigenvalue weighted by molar-refractivity contribution is 6.04. The molecule has 7 heteroatoms. The molecule has 0 fully saturated rings. The average molecular weight is 364 g/mol. The fraction of sp³-hybridized carbons (Fsp3) is 0.263. The molecule has 0 saturated heterocycles. The highest BCUT2D eigenvalue weighted by Gasteiger charge is 2.30. The summed E-state index contributed by atoms with van der Waals surface area (Å²) in [5.74, 6) is -0.367. The van der Waals surface area contributed by atoms with Gasteiger partial charge in [-0.1, -0.05) is 13.8 Å². The van der Waals surface area contributed by atoms with Gasteiger partial charge in [0, 0.05) is 23.4 Å². The molecule has 0 unspecified atom stereocenters. The minimum absolute atomic E-state index is 0.0958. The lowest BCUT2D eigenvalue weighted by Gasteiger charge is -2.10. The maximum Gasteiger partial charge on any atom is 0.416 e. The van der Waals surface area contributed by atoms with E-state index in [0.717, 1.165) is 24.3 Å². The second-order valence-corrected chi connectivity index (χ2v) is 6.25. The second-order valence-electron chi connectivity index (χ2n) is 6.25. The Morgan fingerprint density at radius 3 is 1.85 bits per heavy atom. The smallest absolute Gasteiger partial charge is 0.326 e. The quantitative estimate of drug-likeness (QED) is 0.789. The number of nitrogens with one attached hydrogen (secondary N) is 2. The third-order valence-electron chi connectivity index (χ3n) is 3.49. The van der Waals surface area contributed by atoms with Gasteiger partial charge in [-0.2, -0.15) is 13.2 Å². The zero-order valence-corrected chi connectivity index (χ0v) is 14.4. The molecule has 2 amide bonds. The van der Waals surface area contributed by atoms with Gasteiger partial charge in [0.2, 0.25) is 5.91 Å². The van der Waals surface area contributed by atoms with Crippen LogP contribution < -0.4 is 10.6 Å². The maximum absolute atomic E-state index is 12.5. The van der Waals surface area contributed by atoms with Gasteiger partial charge in [-0.3, -0.25) is 9.59 Å². The third kappa shape index (κ3) is 5.61. The van der Waals surface area contributed by atoms with Crippen LogP contribution in [0.15, 0.2) is 48.5 Å². The number of rotatable bonds is 5. The Hall–Kier alpha value is -2.83. The normalized spacial score (nSPS) is 11.3. The zero-order valence-electron chi connectivity index (χ0n) is 14.4. The molecule has 0 spiro atoms. The first kappa shape index (κ1) is 19.5. The zero-order chi connectivity index (χ0) is 19.3. The molecule has 2 N–H and O–H groups in total. The van der Waals surface area contributed by atoms with Crippen LogP contribution in [0.5, 0.6) is 0 Å². The van der Waals surface area contributed by atoms with Crippen molar-refractivity contribution in [3.05, 3.63) is 59.7 Å².